The third kappa shape index (κ3) is 3.09. The van der Waals surface area contributed by atoms with Crippen LogP contribution in [0.4, 0.5) is 5.13 Å². The minimum absolute atomic E-state index is 0. The van der Waals surface area contributed by atoms with Gasteiger partial charge in [-0.05, 0) is 18.6 Å². The van der Waals surface area contributed by atoms with Gasteiger partial charge in [0.2, 0.25) is 0 Å². The van der Waals surface area contributed by atoms with Gasteiger partial charge in [-0.3, -0.25) is 10.1 Å². The molecule has 2 N–H and O–H groups in total. The number of aromatic nitrogens is 1. The fraction of sp³-hybridized carbons (Fsp3) is 0.385. The molecule has 108 valence electrons. The van der Waals surface area contributed by atoms with Gasteiger partial charge in [-0.1, -0.05) is 23.5 Å². The Bertz CT molecular complexity index is 611. The Morgan fingerprint density at radius 1 is 1.55 bits per heavy atom. The number of amides is 1. The smallest absolute Gasteiger partial charge is 0.256 e. The topological polar surface area (TPSA) is 63.2 Å². The molecule has 0 aliphatic carbocycles. The lowest BCUT2D eigenvalue weighted by atomic mass is 10.2. The Hall–Kier alpha value is -1.21. The number of ether oxygens (including phenoxy) is 1. The van der Waals surface area contributed by atoms with E-state index in [-0.39, 0.29) is 18.3 Å². The van der Waals surface area contributed by atoms with Gasteiger partial charge >= 0.3 is 0 Å². The molecule has 1 unspecified atom stereocenters. The van der Waals surface area contributed by atoms with E-state index in [1.165, 1.54) is 11.3 Å². The molecule has 0 saturated carbocycles. The van der Waals surface area contributed by atoms with E-state index in [1.54, 1.807) is 0 Å². The van der Waals surface area contributed by atoms with Crippen LogP contribution in [-0.4, -0.2) is 36.7 Å². The van der Waals surface area contributed by atoms with Crippen molar-refractivity contribution in [2.75, 3.05) is 25.0 Å². The van der Waals surface area contributed by atoms with E-state index in [2.05, 4.69) is 15.6 Å². The van der Waals surface area contributed by atoms with Crippen molar-refractivity contribution in [2.24, 2.45) is 0 Å². The average Bonchev–Trinajstić information content (AvgIpc) is 2.84. The molecule has 1 aromatic heterocycles. The number of thiazole rings is 1. The Balaban J connectivity index is 0.00000147. The van der Waals surface area contributed by atoms with E-state index in [9.17, 15) is 4.79 Å². The first-order chi connectivity index (χ1) is 9.24. The van der Waals surface area contributed by atoms with Crippen molar-refractivity contribution in [1.82, 2.24) is 10.3 Å². The van der Waals surface area contributed by atoms with Crippen LogP contribution in [0.3, 0.4) is 0 Å². The van der Waals surface area contributed by atoms with Crippen molar-refractivity contribution < 1.29 is 9.53 Å². The van der Waals surface area contributed by atoms with E-state index < -0.39 is 6.10 Å². The van der Waals surface area contributed by atoms with Crippen molar-refractivity contribution in [3.63, 3.8) is 0 Å². The van der Waals surface area contributed by atoms with Crippen molar-refractivity contribution in [1.29, 1.82) is 0 Å². The molecule has 7 heteroatoms. The molecule has 1 saturated heterocycles. The fourth-order valence-electron chi connectivity index (χ4n) is 2.06. The van der Waals surface area contributed by atoms with Crippen LogP contribution in [-0.2, 0) is 9.53 Å². The number of anilines is 1. The predicted octanol–water partition coefficient (Wildman–Crippen LogP) is 1.95. The Kier molecular flexibility index (Phi) is 4.93. The molecule has 1 aromatic carbocycles. The van der Waals surface area contributed by atoms with Crippen molar-refractivity contribution in [3.05, 3.63) is 23.8 Å². The van der Waals surface area contributed by atoms with Gasteiger partial charge in [0.15, 0.2) is 5.13 Å². The lowest BCUT2D eigenvalue weighted by Gasteiger charge is -2.22. The average molecular weight is 314 g/mol. The number of carbonyl (C=O) groups is 1. The summed E-state index contributed by atoms with van der Waals surface area (Å²) in [7, 11) is 0. The van der Waals surface area contributed by atoms with Gasteiger partial charge in [0.05, 0.1) is 16.8 Å². The first kappa shape index (κ1) is 15.2. The molecule has 1 aliphatic heterocycles. The molecular weight excluding hydrogens is 298 g/mol. The van der Waals surface area contributed by atoms with Crippen LogP contribution in [0.5, 0.6) is 0 Å². The van der Waals surface area contributed by atoms with E-state index in [1.807, 2.05) is 25.1 Å². The van der Waals surface area contributed by atoms with E-state index in [4.69, 9.17) is 4.74 Å². The summed E-state index contributed by atoms with van der Waals surface area (Å²) in [5.41, 5.74) is 2.07. The number of nitrogens with one attached hydrogen (secondary N) is 2. The van der Waals surface area contributed by atoms with Crippen molar-refractivity contribution in [3.8, 4) is 0 Å². The molecule has 1 atom stereocenters. The molecule has 3 rings (SSSR count). The first-order valence-corrected chi connectivity index (χ1v) is 7.05. The van der Waals surface area contributed by atoms with Gasteiger partial charge in [-0.15, -0.1) is 12.4 Å². The highest BCUT2D eigenvalue weighted by Gasteiger charge is 2.22. The molecule has 1 fully saturated rings. The van der Waals surface area contributed by atoms with Gasteiger partial charge in [0.1, 0.15) is 6.10 Å². The van der Waals surface area contributed by atoms with Gasteiger partial charge in [-0.2, -0.15) is 0 Å². The largest absolute Gasteiger partial charge is 0.366 e. The molecule has 5 nitrogen and oxygen atoms in total. The SMILES string of the molecule is Cc1cccc2sc(NC(=O)C3CNCCO3)nc12.Cl. The summed E-state index contributed by atoms with van der Waals surface area (Å²) in [6.07, 6.45) is -0.429. The second-order valence-electron chi connectivity index (χ2n) is 4.49. The number of fused-ring (bicyclic) bond motifs is 1. The van der Waals surface area contributed by atoms with Gasteiger partial charge in [-0.25, -0.2) is 4.98 Å². The molecule has 20 heavy (non-hydrogen) atoms. The van der Waals surface area contributed by atoms with Crippen LogP contribution >= 0.6 is 23.7 Å². The minimum Gasteiger partial charge on any atom is -0.366 e. The highest BCUT2D eigenvalue weighted by atomic mass is 35.5. The molecule has 0 radical (unpaired) electrons. The van der Waals surface area contributed by atoms with Crippen LogP contribution in [0.2, 0.25) is 0 Å². The molecule has 0 bridgehead atoms. The molecule has 1 aliphatic rings. The second-order valence-corrected chi connectivity index (χ2v) is 5.52. The summed E-state index contributed by atoms with van der Waals surface area (Å²) in [4.78, 5) is 16.5. The molecule has 0 spiro atoms. The Morgan fingerprint density at radius 2 is 2.40 bits per heavy atom. The number of carbonyl (C=O) groups excluding carboxylic acids is 1. The monoisotopic (exact) mass is 313 g/mol. The molecular formula is C13H16ClN3O2S. The number of rotatable bonds is 2. The highest BCUT2D eigenvalue weighted by Crippen LogP contribution is 2.27. The maximum atomic E-state index is 12.0. The molecule has 1 amide bonds. The Labute approximate surface area is 127 Å². The number of aryl methyl sites for hydroxylation is 1. The lowest BCUT2D eigenvalue weighted by molar-refractivity contribution is -0.128. The number of nitrogens with zero attached hydrogens (tertiary/aromatic N) is 1. The number of hydrogen-bond donors (Lipinski definition) is 2. The normalized spacial score (nSPS) is 18.6. The summed E-state index contributed by atoms with van der Waals surface area (Å²) < 4.78 is 6.49. The van der Waals surface area contributed by atoms with Gasteiger partial charge in [0.25, 0.3) is 5.91 Å². The van der Waals surface area contributed by atoms with Crippen LogP contribution in [0.25, 0.3) is 10.2 Å². The number of hydrogen-bond acceptors (Lipinski definition) is 5. The second kappa shape index (κ2) is 6.49. The summed E-state index contributed by atoms with van der Waals surface area (Å²) in [6.45, 7) is 3.93. The van der Waals surface area contributed by atoms with Gasteiger partial charge < -0.3 is 10.1 Å². The summed E-state index contributed by atoms with van der Waals surface area (Å²) in [5.74, 6) is -0.135. The van der Waals surface area contributed by atoms with Gasteiger partial charge in [0, 0.05) is 13.1 Å². The fourth-order valence-corrected chi connectivity index (χ4v) is 3.01. The van der Waals surface area contributed by atoms with E-state index in [0.29, 0.717) is 18.3 Å². The number of benzene rings is 1. The maximum Gasteiger partial charge on any atom is 0.256 e. The van der Waals surface area contributed by atoms with Crippen LogP contribution in [0.15, 0.2) is 18.2 Å². The summed E-state index contributed by atoms with van der Waals surface area (Å²) in [5, 5.41) is 6.59. The quantitative estimate of drug-likeness (QED) is 0.889. The summed E-state index contributed by atoms with van der Waals surface area (Å²) >= 11 is 1.48. The first-order valence-electron chi connectivity index (χ1n) is 6.23. The zero-order chi connectivity index (χ0) is 13.2. The number of halogens is 1. The van der Waals surface area contributed by atoms with E-state index in [0.717, 1.165) is 22.3 Å². The standard InChI is InChI=1S/C13H15N3O2S.ClH/c1-8-3-2-4-10-11(8)15-13(19-10)16-12(17)9-7-14-5-6-18-9;/h2-4,9,14H,5-7H2,1H3,(H,15,16,17);1H. The van der Waals surface area contributed by atoms with Crippen molar-refractivity contribution in [2.45, 2.75) is 13.0 Å². The van der Waals surface area contributed by atoms with Crippen LogP contribution in [0.1, 0.15) is 5.56 Å². The minimum atomic E-state index is -0.429. The van der Waals surface area contributed by atoms with Crippen molar-refractivity contribution >= 4 is 45.0 Å². The van der Waals surface area contributed by atoms with E-state index >= 15 is 0 Å². The summed E-state index contributed by atoms with van der Waals surface area (Å²) in [6, 6.07) is 6.02. The maximum absolute atomic E-state index is 12.0. The zero-order valence-corrected chi connectivity index (χ0v) is 12.6. The number of para-hydroxylation sites is 1. The third-order valence-electron chi connectivity index (χ3n) is 3.07. The predicted molar refractivity (Wildman–Crippen MR) is 82.8 cm³/mol. The van der Waals surface area contributed by atoms with Crippen LogP contribution in [0, 0.1) is 6.92 Å². The lowest BCUT2D eigenvalue weighted by Crippen LogP contribution is -2.45. The number of morpholine rings is 1. The highest BCUT2D eigenvalue weighted by molar-refractivity contribution is 7.22. The molecule has 2 aromatic rings. The molecule has 2 heterocycles. The van der Waals surface area contributed by atoms with Crippen LogP contribution < -0.4 is 10.6 Å². The third-order valence-corrected chi connectivity index (χ3v) is 4.01. The zero-order valence-electron chi connectivity index (χ0n) is 11.0. The Morgan fingerprint density at radius 3 is 3.10 bits per heavy atom.